The third-order valence-electron chi connectivity index (χ3n) is 3.82. The largest absolute Gasteiger partial charge is 0.489 e. The van der Waals surface area contributed by atoms with Crippen LogP contribution >= 0.6 is 0 Å². The zero-order chi connectivity index (χ0) is 19.2. The predicted octanol–water partition coefficient (Wildman–Crippen LogP) is 4.62. The first-order valence-electron chi connectivity index (χ1n) is 8.09. The van der Waals surface area contributed by atoms with Gasteiger partial charge in [-0.05, 0) is 23.8 Å². The molecule has 0 atom stereocenters. The van der Waals surface area contributed by atoms with Crippen molar-refractivity contribution in [2.24, 2.45) is 0 Å². The van der Waals surface area contributed by atoms with E-state index in [-0.39, 0.29) is 16.9 Å². The molecule has 0 spiro atoms. The van der Waals surface area contributed by atoms with E-state index in [0.717, 1.165) is 5.56 Å². The number of ether oxygens (including phenoxy) is 1. The maximum absolute atomic E-state index is 11.4. The first-order valence-corrected chi connectivity index (χ1v) is 8.09. The molecule has 0 heterocycles. The van der Waals surface area contributed by atoms with E-state index in [1.54, 1.807) is 24.3 Å². The van der Waals surface area contributed by atoms with E-state index in [4.69, 9.17) is 4.74 Å². The van der Waals surface area contributed by atoms with Crippen molar-refractivity contribution in [3.8, 4) is 5.75 Å². The van der Waals surface area contributed by atoms with E-state index in [1.807, 2.05) is 30.3 Å². The number of nitro groups is 1. The highest BCUT2D eigenvalue weighted by molar-refractivity contribution is 5.98. The van der Waals surface area contributed by atoms with Crippen molar-refractivity contribution < 1.29 is 19.6 Å². The molecule has 7 nitrogen and oxygen atoms in total. The van der Waals surface area contributed by atoms with Crippen LogP contribution in [-0.2, 0) is 6.61 Å². The molecule has 0 unspecified atom stereocenters. The number of para-hydroxylation sites is 1. The Labute approximate surface area is 155 Å². The van der Waals surface area contributed by atoms with Crippen LogP contribution in [0.5, 0.6) is 5.75 Å². The number of carbonyl (C=O) groups is 1. The number of hydrogen-bond acceptors (Lipinski definition) is 5. The quantitative estimate of drug-likeness (QED) is 0.469. The molecule has 0 aromatic heterocycles. The summed E-state index contributed by atoms with van der Waals surface area (Å²) in [5.74, 6) is -0.697. The summed E-state index contributed by atoms with van der Waals surface area (Å²) in [5.41, 5.74) is 0.917. The number of nitro benzene ring substituents is 1. The van der Waals surface area contributed by atoms with Gasteiger partial charge < -0.3 is 15.2 Å². The van der Waals surface area contributed by atoms with Gasteiger partial charge in [0.15, 0.2) is 0 Å². The van der Waals surface area contributed by atoms with E-state index < -0.39 is 10.9 Å². The summed E-state index contributed by atoms with van der Waals surface area (Å²) in [6, 6.07) is 20.3. The first kappa shape index (κ1) is 17.9. The molecule has 0 saturated heterocycles. The number of nitrogens with zero attached hydrogens (tertiary/aromatic N) is 1. The van der Waals surface area contributed by atoms with E-state index in [0.29, 0.717) is 18.0 Å². The van der Waals surface area contributed by atoms with Crippen LogP contribution in [-0.4, -0.2) is 16.0 Å². The van der Waals surface area contributed by atoms with Crippen molar-refractivity contribution >= 4 is 23.0 Å². The molecule has 2 N–H and O–H groups in total. The molecule has 3 aromatic rings. The van der Waals surface area contributed by atoms with E-state index in [9.17, 15) is 20.0 Å². The molecule has 27 heavy (non-hydrogen) atoms. The van der Waals surface area contributed by atoms with Gasteiger partial charge in [-0.2, -0.15) is 0 Å². The summed E-state index contributed by atoms with van der Waals surface area (Å²) in [7, 11) is 0. The maximum Gasteiger partial charge on any atom is 0.338 e. The number of hydrogen-bond donors (Lipinski definition) is 2. The molecule has 0 aliphatic heterocycles. The van der Waals surface area contributed by atoms with Crippen LogP contribution in [0.3, 0.4) is 0 Å². The van der Waals surface area contributed by atoms with E-state index in [2.05, 4.69) is 5.32 Å². The average molecular weight is 364 g/mol. The number of rotatable bonds is 7. The lowest BCUT2D eigenvalue weighted by Gasteiger charge is -2.12. The van der Waals surface area contributed by atoms with E-state index in [1.165, 1.54) is 18.2 Å². The maximum atomic E-state index is 11.4. The summed E-state index contributed by atoms with van der Waals surface area (Å²) >= 11 is 0. The van der Waals surface area contributed by atoms with Gasteiger partial charge in [0.2, 0.25) is 0 Å². The number of carboxylic acid groups (broad SMARTS) is 1. The molecular formula is C20H16N2O5. The Morgan fingerprint density at radius 1 is 1.04 bits per heavy atom. The lowest BCUT2D eigenvalue weighted by atomic mass is 10.1. The van der Waals surface area contributed by atoms with Gasteiger partial charge in [0.25, 0.3) is 5.69 Å². The number of anilines is 2. The second-order valence-electron chi connectivity index (χ2n) is 5.69. The van der Waals surface area contributed by atoms with Crippen LogP contribution in [0.4, 0.5) is 17.1 Å². The molecule has 7 heteroatoms. The number of benzene rings is 3. The summed E-state index contributed by atoms with van der Waals surface area (Å²) in [6.45, 7) is 0.371. The van der Waals surface area contributed by atoms with Crippen LogP contribution in [0, 0.1) is 10.1 Å². The standard InChI is InChI=1S/C20H16N2O5/c23-20(24)17-10-5-11-18(22(25)26)19(17)21-15-8-4-9-16(12-15)27-13-14-6-2-1-3-7-14/h1-12,21H,13H2,(H,23,24). The highest BCUT2D eigenvalue weighted by Gasteiger charge is 2.21. The lowest BCUT2D eigenvalue weighted by Crippen LogP contribution is -2.06. The van der Waals surface area contributed by atoms with Crippen molar-refractivity contribution in [2.75, 3.05) is 5.32 Å². The molecule has 0 aliphatic carbocycles. The molecule has 136 valence electrons. The Morgan fingerprint density at radius 2 is 1.78 bits per heavy atom. The van der Waals surface area contributed by atoms with Gasteiger partial charge in [0, 0.05) is 17.8 Å². The van der Waals surface area contributed by atoms with Gasteiger partial charge in [0.1, 0.15) is 18.0 Å². The highest BCUT2D eigenvalue weighted by Crippen LogP contribution is 2.32. The van der Waals surface area contributed by atoms with Gasteiger partial charge in [-0.15, -0.1) is 0 Å². The third-order valence-corrected chi connectivity index (χ3v) is 3.82. The van der Waals surface area contributed by atoms with Crippen LogP contribution < -0.4 is 10.1 Å². The van der Waals surface area contributed by atoms with Crippen LogP contribution in [0.15, 0.2) is 72.8 Å². The zero-order valence-corrected chi connectivity index (χ0v) is 14.2. The minimum Gasteiger partial charge on any atom is -0.489 e. The highest BCUT2D eigenvalue weighted by atomic mass is 16.6. The number of carboxylic acids is 1. The zero-order valence-electron chi connectivity index (χ0n) is 14.2. The fourth-order valence-electron chi connectivity index (χ4n) is 2.55. The topological polar surface area (TPSA) is 102 Å². The second-order valence-corrected chi connectivity index (χ2v) is 5.69. The first-order chi connectivity index (χ1) is 13.0. The predicted molar refractivity (Wildman–Crippen MR) is 101 cm³/mol. The summed E-state index contributed by atoms with van der Waals surface area (Å²) in [6.07, 6.45) is 0. The fraction of sp³-hybridized carbons (Fsp3) is 0.0500. The van der Waals surface area contributed by atoms with Crippen molar-refractivity contribution in [3.05, 3.63) is 94.0 Å². The Kier molecular flexibility index (Phi) is 5.32. The van der Waals surface area contributed by atoms with Crippen LogP contribution in [0.2, 0.25) is 0 Å². The SMILES string of the molecule is O=C(O)c1cccc([N+](=O)[O-])c1Nc1cccc(OCc2ccccc2)c1. The van der Waals surface area contributed by atoms with Crippen molar-refractivity contribution in [1.82, 2.24) is 0 Å². The average Bonchev–Trinajstić information content (AvgIpc) is 2.67. The Morgan fingerprint density at radius 3 is 2.48 bits per heavy atom. The Hall–Kier alpha value is -3.87. The van der Waals surface area contributed by atoms with Crippen LogP contribution in [0.1, 0.15) is 15.9 Å². The molecule has 0 aliphatic rings. The second kappa shape index (κ2) is 8.01. The van der Waals surface area contributed by atoms with E-state index >= 15 is 0 Å². The Balaban J connectivity index is 1.84. The molecule has 0 bridgehead atoms. The molecule has 0 fully saturated rings. The molecule has 3 rings (SSSR count). The summed E-state index contributed by atoms with van der Waals surface area (Å²) in [5, 5.41) is 23.4. The lowest BCUT2D eigenvalue weighted by molar-refractivity contribution is -0.383. The monoisotopic (exact) mass is 364 g/mol. The normalized spacial score (nSPS) is 10.2. The van der Waals surface area contributed by atoms with Crippen LogP contribution in [0.25, 0.3) is 0 Å². The Bertz CT molecular complexity index is 941. The number of nitrogens with one attached hydrogen (secondary N) is 1. The molecule has 0 saturated carbocycles. The smallest absolute Gasteiger partial charge is 0.338 e. The van der Waals surface area contributed by atoms with Gasteiger partial charge in [-0.25, -0.2) is 4.79 Å². The van der Waals surface area contributed by atoms with Crippen molar-refractivity contribution in [1.29, 1.82) is 0 Å². The van der Waals surface area contributed by atoms with Gasteiger partial charge >= 0.3 is 5.97 Å². The minimum absolute atomic E-state index is 0.0739. The summed E-state index contributed by atoms with van der Waals surface area (Å²) < 4.78 is 5.74. The van der Waals surface area contributed by atoms with Crippen molar-refractivity contribution in [3.63, 3.8) is 0 Å². The summed E-state index contributed by atoms with van der Waals surface area (Å²) in [4.78, 5) is 22.1. The molecule has 0 radical (unpaired) electrons. The van der Waals surface area contributed by atoms with Gasteiger partial charge in [-0.3, -0.25) is 10.1 Å². The molecule has 3 aromatic carbocycles. The minimum atomic E-state index is -1.25. The van der Waals surface area contributed by atoms with Gasteiger partial charge in [0.05, 0.1) is 10.5 Å². The molecule has 0 amide bonds. The third kappa shape index (κ3) is 4.40. The van der Waals surface area contributed by atoms with Crippen molar-refractivity contribution in [2.45, 2.75) is 6.61 Å². The van der Waals surface area contributed by atoms with Gasteiger partial charge in [-0.1, -0.05) is 42.5 Å². The molecular weight excluding hydrogens is 348 g/mol. The fourth-order valence-corrected chi connectivity index (χ4v) is 2.55. The number of aromatic carboxylic acids is 1.